The summed E-state index contributed by atoms with van der Waals surface area (Å²) >= 11 is 0. The number of hydrogen-bond acceptors (Lipinski definition) is 10. The van der Waals surface area contributed by atoms with E-state index in [0.29, 0.717) is 11.1 Å². The summed E-state index contributed by atoms with van der Waals surface area (Å²) in [5.74, 6) is 0.145. The number of fused-ring (bicyclic) bond motifs is 1. The Morgan fingerprint density at radius 2 is 1.61 bits per heavy atom. The van der Waals surface area contributed by atoms with Crippen molar-refractivity contribution in [1.29, 1.82) is 0 Å². The molecule has 2 aromatic rings. The van der Waals surface area contributed by atoms with Crippen molar-refractivity contribution in [3.8, 4) is 23.0 Å². The van der Waals surface area contributed by atoms with Gasteiger partial charge in [0.2, 0.25) is 6.29 Å². The highest BCUT2D eigenvalue weighted by atomic mass is 16.7. The maximum atomic E-state index is 10.7. The maximum Gasteiger partial charge on any atom is 0.229 e. The molecular weight excluding hydrogens is 412 g/mol. The zero-order valence-electron chi connectivity index (χ0n) is 16.3. The van der Waals surface area contributed by atoms with E-state index in [2.05, 4.69) is 0 Å². The van der Waals surface area contributed by atoms with E-state index in [4.69, 9.17) is 14.2 Å². The normalized spacial score (nSPS) is 32.7. The van der Waals surface area contributed by atoms with E-state index >= 15 is 0 Å². The maximum absolute atomic E-state index is 10.7. The Morgan fingerprint density at radius 1 is 0.903 bits per heavy atom. The van der Waals surface area contributed by atoms with Crippen molar-refractivity contribution in [2.24, 2.45) is 0 Å². The van der Waals surface area contributed by atoms with Gasteiger partial charge in [-0.15, -0.1) is 0 Å². The van der Waals surface area contributed by atoms with Crippen LogP contribution in [0.1, 0.15) is 17.2 Å². The molecule has 4 rings (SSSR count). The molecule has 7 N–H and O–H groups in total. The summed E-state index contributed by atoms with van der Waals surface area (Å²) in [6.07, 6.45) is -9.05. The summed E-state index contributed by atoms with van der Waals surface area (Å²) < 4.78 is 16.9. The summed E-state index contributed by atoms with van der Waals surface area (Å²) in [6.45, 7) is -0.612. The highest BCUT2D eigenvalue weighted by Crippen LogP contribution is 2.43. The molecule has 0 aromatic heterocycles. The zero-order valence-corrected chi connectivity index (χ0v) is 16.3. The van der Waals surface area contributed by atoms with Crippen LogP contribution < -0.4 is 9.47 Å². The Labute approximate surface area is 177 Å². The Morgan fingerprint density at radius 3 is 2.29 bits per heavy atom. The number of phenols is 2. The van der Waals surface area contributed by atoms with Gasteiger partial charge in [-0.2, -0.15) is 0 Å². The van der Waals surface area contributed by atoms with E-state index in [-0.39, 0.29) is 29.4 Å². The van der Waals surface area contributed by atoms with E-state index in [1.165, 1.54) is 24.3 Å². The molecule has 0 amide bonds. The van der Waals surface area contributed by atoms with Gasteiger partial charge in [-0.1, -0.05) is 12.1 Å². The second kappa shape index (κ2) is 8.50. The molecule has 0 radical (unpaired) electrons. The van der Waals surface area contributed by atoms with Crippen molar-refractivity contribution in [2.45, 2.75) is 49.3 Å². The fourth-order valence-corrected chi connectivity index (χ4v) is 3.79. The van der Waals surface area contributed by atoms with Gasteiger partial charge in [-0.25, -0.2) is 0 Å². The monoisotopic (exact) mass is 436 g/mol. The van der Waals surface area contributed by atoms with Gasteiger partial charge in [0.05, 0.1) is 12.7 Å². The van der Waals surface area contributed by atoms with Crippen LogP contribution in [-0.4, -0.2) is 79.2 Å². The van der Waals surface area contributed by atoms with Crippen molar-refractivity contribution in [2.75, 3.05) is 6.61 Å². The summed E-state index contributed by atoms with van der Waals surface area (Å²) in [6, 6.07) is 8.77. The van der Waals surface area contributed by atoms with Gasteiger partial charge >= 0.3 is 0 Å². The molecule has 0 aliphatic carbocycles. The third-order valence-electron chi connectivity index (χ3n) is 5.48. The van der Waals surface area contributed by atoms with Gasteiger partial charge in [0.15, 0.2) is 0 Å². The van der Waals surface area contributed by atoms with Gasteiger partial charge in [0.25, 0.3) is 0 Å². The molecule has 0 bridgehead atoms. The second-order valence-corrected chi connectivity index (χ2v) is 7.64. The van der Waals surface area contributed by atoms with E-state index < -0.39 is 49.5 Å². The smallest absolute Gasteiger partial charge is 0.229 e. The van der Waals surface area contributed by atoms with Gasteiger partial charge < -0.3 is 50.0 Å². The number of aliphatic hydroxyl groups excluding tert-OH is 5. The number of hydrogen-bond donors (Lipinski definition) is 7. The van der Waals surface area contributed by atoms with Crippen LogP contribution >= 0.6 is 0 Å². The molecule has 31 heavy (non-hydrogen) atoms. The third kappa shape index (κ3) is 4.13. The van der Waals surface area contributed by atoms with Crippen LogP contribution in [0, 0.1) is 0 Å². The molecule has 2 aromatic carbocycles. The highest BCUT2D eigenvalue weighted by Gasteiger charge is 2.45. The van der Waals surface area contributed by atoms with Crippen molar-refractivity contribution >= 4 is 0 Å². The molecule has 1 saturated heterocycles. The average Bonchev–Trinajstić information content (AvgIpc) is 2.75. The summed E-state index contributed by atoms with van der Waals surface area (Å²) in [5, 5.41) is 69.7. The molecule has 0 spiro atoms. The number of benzene rings is 2. The first kappa shape index (κ1) is 21.6. The first-order valence-corrected chi connectivity index (χ1v) is 9.75. The fraction of sp³-hybridized carbons (Fsp3) is 0.429. The van der Waals surface area contributed by atoms with Crippen LogP contribution in [0.5, 0.6) is 23.0 Å². The molecule has 0 saturated carbocycles. The number of ether oxygens (including phenoxy) is 3. The van der Waals surface area contributed by atoms with E-state index in [0.717, 1.165) is 0 Å². The molecule has 2 aliphatic rings. The second-order valence-electron chi connectivity index (χ2n) is 7.64. The predicted octanol–water partition coefficient (Wildman–Crippen LogP) is -0.686. The van der Waals surface area contributed by atoms with Crippen LogP contribution in [0.15, 0.2) is 36.4 Å². The molecular formula is C21H24O10. The molecule has 1 fully saturated rings. The van der Waals surface area contributed by atoms with Crippen molar-refractivity contribution in [3.05, 3.63) is 47.5 Å². The largest absolute Gasteiger partial charge is 0.508 e. The summed E-state index contributed by atoms with van der Waals surface area (Å²) in [5.41, 5.74) is 1.02. The zero-order chi connectivity index (χ0) is 22.3. The lowest BCUT2D eigenvalue weighted by Crippen LogP contribution is -2.60. The van der Waals surface area contributed by atoms with Crippen LogP contribution in [0.4, 0.5) is 0 Å². The Kier molecular flexibility index (Phi) is 5.93. The van der Waals surface area contributed by atoms with Crippen LogP contribution in [0.2, 0.25) is 0 Å². The minimum absolute atomic E-state index is 0.0440. The van der Waals surface area contributed by atoms with E-state index in [1.54, 1.807) is 12.1 Å². The Hall–Kier alpha value is -2.60. The minimum Gasteiger partial charge on any atom is -0.508 e. The number of aromatic hydroxyl groups is 2. The van der Waals surface area contributed by atoms with Crippen LogP contribution in [0.25, 0.3) is 0 Å². The first-order valence-electron chi connectivity index (χ1n) is 9.75. The third-order valence-corrected chi connectivity index (χ3v) is 5.48. The SMILES string of the molecule is OC[C@H]1O[C@@H](Oc2cc(O)cc3c2C[C@@H](O)[C@@H](c2ccc(O)cc2)O3)[C@H](O)[C@@H](O)[C@@H]1O. The molecule has 0 unspecified atom stereocenters. The van der Waals surface area contributed by atoms with Gasteiger partial charge in [0.1, 0.15) is 53.5 Å². The van der Waals surface area contributed by atoms with Crippen LogP contribution in [0.3, 0.4) is 0 Å². The van der Waals surface area contributed by atoms with Crippen molar-refractivity contribution in [1.82, 2.24) is 0 Å². The predicted molar refractivity (Wildman–Crippen MR) is 104 cm³/mol. The topological polar surface area (TPSA) is 169 Å². The Bertz CT molecular complexity index is 915. The first-order chi connectivity index (χ1) is 14.8. The number of rotatable bonds is 4. The molecule has 2 heterocycles. The van der Waals surface area contributed by atoms with E-state index in [1.807, 2.05) is 0 Å². The quantitative estimate of drug-likeness (QED) is 0.326. The van der Waals surface area contributed by atoms with Crippen molar-refractivity contribution in [3.63, 3.8) is 0 Å². The lowest BCUT2D eigenvalue weighted by atomic mass is 9.94. The summed E-state index contributed by atoms with van der Waals surface area (Å²) in [7, 11) is 0. The van der Waals surface area contributed by atoms with Crippen LogP contribution in [-0.2, 0) is 11.2 Å². The minimum atomic E-state index is -1.63. The molecule has 2 aliphatic heterocycles. The van der Waals surface area contributed by atoms with Gasteiger partial charge in [-0.05, 0) is 17.7 Å². The summed E-state index contributed by atoms with van der Waals surface area (Å²) in [4.78, 5) is 0. The highest BCUT2D eigenvalue weighted by molar-refractivity contribution is 5.52. The lowest BCUT2D eigenvalue weighted by Gasteiger charge is -2.40. The average molecular weight is 436 g/mol. The molecule has 7 atom stereocenters. The number of phenolic OH excluding ortho intramolecular Hbond substituents is 2. The molecule has 10 nitrogen and oxygen atoms in total. The van der Waals surface area contributed by atoms with Gasteiger partial charge in [0, 0.05) is 24.1 Å². The van der Waals surface area contributed by atoms with Gasteiger partial charge in [-0.3, -0.25) is 0 Å². The standard InChI is InChI=1S/C21H24O10/c22-8-16-17(26)18(27)19(28)21(31-16)30-15-6-11(24)5-14-12(15)7-13(25)20(29-14)9-1-3-10(23)4-2-9/h1-6,13,16-28H,7-8H2/t13-,16-,17-,18+,19-,20-,21-/m1/s1. The fourth-order valence-electron chi connectivity index (χ4n) is 3.79. The number of aliphatic hydroxyl groups is 5. The lowest BCUT2D eigenvalue weighted by molar-refractivity contribution is -0.277. The molecule has 10 heteroatoms. The molecule has 168 valence electrons. The Balaban J connectivity index is 1.61. The van der Waals surface area contributed by atoms with E-state index in [9.17, 15) is 35.7 Å². The van der Waals surface area contributed by atoms with Crippen molar-refractivity contribution < 1.29 is 50.0 Å².